The first-order valence-electron chi connectivity index (χ1n) is 18.1. The monoisotopic (exact) mass is 659 g/mol. The van der Waals surface area contributed by atoms with Crippen LogP contribution in [0.25, 0.3) is 66.1 Å². The topological polar surface area (TPSA) is 12.0 Å². The van der Waals surface area contributed by atoms with Gasteiger partial charge in [-0.2, -0.15) is 0 Å². The summed E-state index contributed by atoms with van der Waals surface area (Å²) in [4.78, 5) is 0. The highest BCUT2D eigenvalue weighted by Gasteiger charge is 2.51. The summed E-state index contributed by atoms with van der Waals surface area (Å²) in [6, 6.07) is 71.4. The van der Waals surface area contributed by atoms with Crippen LogP contribution in [-0.2, 0) is 5.41 Å². The zero-order chi connectivity index (χ0) is 34.2. The lowest BCUT2D eigenvalue weighted by molar-refractivity contribution is 0.794. The molecule has 0 unspecified atom stereocenters. The van der Waals surface area contributed by atoms with Crippen molar-refractivity contribution in [2.75, 3.05) is 5.32 Å². The second kappa shape index (κ2) is 11.2. The zero-order valence-corrected chi connectivity index (χ0v) is 28.5. The largest absolute Gasteiger partial charge is 0.355 e. The third-order valence-electron chi connectivity index (χ3n) is 11.5. The Balaban J connectivity index is 1.01. The molecule has 9 aromatic rings. The molecule has 242 valence electrons. The molecule has 1 nitrogen and oxygen atoms in total. The highest BCUT2D eigenvalue weighted by Crippen LogP contribution is 2.63. The maximum absolute atomic E-state index is 3.87. The zero-order valence-electron chi connectivity index (χ0n) is 28.5. The quantitative estimate of drug-likeness (QED) is 0.198. The predicted octanol–water partition coefficient (Wildman–Crippen LogP) is 13.4. The minimum atomic E-state index is -0.349. The van der Waals surface area contributed by atoms with Crippen molar-refractivity contribution in [1.29, 1.82) is 0 Å². The van der Waals surface area contributed by atoms with Gasteiger partial charge in [0.25, 0.3) is 0 Å². The van der Waals surface area contributed by atoms with E-state index in [-0.39, 0.29) is 5.41 Å². The second-order valence-electron chi connectivity index (χ2n) is 14.1. The minimum Gasteiger partial charge on any atom is -0.355 e. The smallest absolute Gasteiger partial charge is 0.0726 e. The summed E-state index contributed by atoms with van der Waals surface area (Å²) in [6.45, 7) is 0. The summed E-state index contributed by atoms with van der Waals surface area (Å²) < 4.78 is 0. The van der Waals surface area contributed by atoms with Crippen LogP contribution in [0.4, 0.5) is 11.4 Å². The molecule has 0 saturated heterocycles. The van der Waals surface area contributed by atoms with E-state index >= 15 is 0 Å². The first-order valence-corrected chi connectivity index (χ1v) is 18.1. The van der Waals surface area contributed by atoms with Gasteiger partial charge in [-0.15, -0.1) is 0 Å². The van der Waals surface area contributed by atoms with Gasteiger partial charge < -0.3 is 5.32 Å². The summed E-state index contributed by atoms with van der Waals surface area (Å²) >= 11 is 0. The van der Waals surface area contributed by atoms with Crippen LogP contribution in [0.5, 0.6) is 0 Å². The van der Waals surface area contributed by atoms with Gasteiger partial charge in [-0.05, 0) is 113 Å². The average molecular weight is 660 g/mol. The Morgan fingerprint density at radius 3 is 1.58 bits per heavy atom. The molecule has 0 amide bonds. The molecule has 0 heterocycles. The fourth-order valence-corrected chi connectivity index (χ4v) is 9.31. The van der Waals surface area contributed by atoms with Crippen LogP contribution in [0, 0.1) is 0 Å². The summed E-state index contributed by atoms with van der Waals surface area (Å²) in [7, 11) is 0. The molecule has 1 heteroatoms. The van der Waals surface area contributed by atoms with Crippen molar-refractivity contribution in [3.63, 3.8) is 0 Å². The van der Waals surface area contributed by atoms with E-state index in [9.17, 15) is 0 Å². The Morgan fingerprint density at radius 1 is 0.327 bits per heavy atom. The van der Waals surface area contributed by atoms with Gasteiger partial charge in [0.15, 0.2) is 0 Å². The number of nitrogens with one attached hydrogen (secondary N) is 1. The van der Waals surface area contributed by atoms with Crippen molar-refractivity contribution in [1.82, 2.24) is 0 Å². The van der Waals surface area contributed by atoms with E-state index in [0.717, 1.165) is 11.4 Å². The van der Waals surface area contributed by atoms with Gasteiger partial charge >= 0.3 is 0 Å². The Bertz CT molecular complexity index is 2830. The lowest BCUT2D eigenvalue weighted by atomic mass is 9.70. The normalized spacial score (nSPS) is 13.2. The maximum atomic E-state index is 3.87. The molecule has 0 bridgehead atoms. The van der Waals surface area contributed by atoms with Crippen LogP contribution >= 0.6 is 0 Å². The van der Waals surface area contributed by atoms with Crippen LogP contribution < -0.4 is 5.32 Å². The number of hydrogen-bond donors (Lipinski definition) is 1. The van der Waals surface area contributed by atoms with E-state index in [0.29, 0.717) is 0 Å². The Labute approximate surface area is 303 Å². The first kappa shape index (κ1) is 29.1. The van der Waals surface area contributed by atoms with E-state index in [2.05, 4.69) is 199 Å². The van der Waals surface area contributed by atoms with E-state index in [4.69, 9.17) is 0 Å². The van der Waals surface area contributed by atoms with Gasteiger partial charge in [0.05, 0.1) is 5.41 Å². The molecule has 9 aromatic carbocycles. The number of benzene rings is 9. The third kappa shape index (κ3) is 4.05. The fourth-order valence-electron chi connectivity index (χ4n) is 9.31. The maximum Gasteiger partial charge on any atom is 0.0726 e. The molecule has 0 atom stereocenters. The summed E-state index contributed by atoms with van der Waals surface area (Å²) in [5, 5.41) is 8.91. The van der Waals surface area contributed by atoms with Gasteiger partial charge in [0, 0.05) is 16.9 Å². The molecule has 0 radical (unpaired) electrons. The van der Waals surface area contributed by atoms with Crippen molar-refractivity contribution in [2.24, 2.45) is 0 Å². The molecule has 2 aliphatic carbocycles. The lowest BCUT2D eigenvalue weighted by Crippen LogP contribution is -2.25. The first-order chi connectivity index (χ1) is 25.8. The Hall–Kier alpha value is -6.70. The summed E-state index contributed by atoms with van der Waals surface area (Å²) in [5.41, 5.74) is 17.4. The number of hydrogen-bond acceptors (Lipinski definition) is 1. The minimum absolute atomic E-state index is 0.349. The molecule has 0 saturated carbocycles. The van der Waals surface area contributed by atoms with E-state index in [1.165, 1.54) is 88.3 Å². The van der Waals surface area contributed by atoms with Gasteiger partial charge in [0.2, 0.25) is 0 Å². The Kier molecular flexibility index (Phi) is 6.23. The van der Waals surface area contributed by atoms with Gasteiger partial charge in [-0.3, -0.25) is 0 Å². The van der Waals surface area contributed by atoms with Crippen LogP contribution in [0.15, 0.2) is 194 Å². The fraction of sp³-hybridized carbons (Fsp3) is 0.0196. The van der Waals surface area contributed by atoms with Crippen molar-refractivity contribution in [3.05, 3.63) is 216 Å². The number of fused-ring (bicyclic) bond motifs is 12. The van der Waals surface area contributed by atoms with Crippen LogP contribution in [0.1, 0.15) is 22.3 Å². The van der Waals surface area contributed by atoms with Crippen molar-refractivity contribution < 1.29 is 0 Å². The van der Waals surface area contributed by atoms with E-state index < -0.39 is 0 Å². The van der Waals surface area contributed by atoms with Gasteiger partial charge in [-0.25, -0.2) is 0 Å². The van der Waals surface area contributed by atoms with Gasteiger partial charge in [-0.1, -0.05) is 164 Å². The SMILES string of the molecule is c1ccc2c(c1)-c1ccccc1C21c2ccccc2-c2c(Nc3ccc(-c4cc(-c5cccc6ccccc56)c5ccccc5c4)cc3)cccc21. The molecular weight excluding hydrogens is 627 g/mol. The van der Waals surface area contributed by atoms with Crippen molar-refractivity contribution >= 4 is 32.9 Å². The summed E-state index contributed by atoms with van der Waals surface area (Å²) in [5.74, 6) is 0. The molecule has 0 aliphatic heterocycles. The highest BCUT2D eigenvalue weighted by molar-refractivity contribution is 6.07. The molecule has 11 rings (SSSR count). The van der Waals surface area contributed by atoms with Crippen LogP contribution in [0.2, 0.25) is 0 Å². The highest BCUT2D eigenvalue weighted by atomic mass is 14.9. The molecule has 0 aromatic heterocycles. The summed E-state index contributed by atoms with van der Waals surface area (Å²) in [6.07, 6.45) is 0. The average Bonchev–Trinajstić information content (AvgIpc) is 3.69. The van der Waals surface area contributed by atoms with Crippen molar-refractivity contribution in [2.45, 2.75) is 5.41 Å². The van der Waals surface area contributed by atoms with Crippen LogP contribution in [0.3, 0.4) is 0 Å². The van der Waals surface area contributed by atoms with E-state index in [1.54, 1.807) is 0 Å². The van der Waals surface area contributed by atoms with Crippen LogP contribution in [-0.4, -0.2) is 0 Å². The predicted molar refractivity (Wildman–Crippen MR) is 218 cm³/mol. The standard InChI is InChI=1S/C51H33N/c1-3-16-38-34(13-1)15-11-21-40(38)44-32-36(31-35-14-2-4-17-39(35)44)33-27-29-37(30-28-33)52-49-26-12-25-48-50(49)43-20-7-10-24-47(43)51(48)45-22-8-5-18-41(45)42-19-6-9-23-46(42)51/h1-32,52H. The lowest BCUT2D eigenvalue weighted by Gasteiger charge is -2.30. The van der Waals surface area contributed by atoms with Crippen molar-refractivity contribution in [3.8, 4) is 44.5 Å². The Morgan fingerprint density at radius 2 is 0.846 bits per heavy atom. The second-order valence-corrected chi connectivity index (χ2v) is 14.1. The third-order valence-corrected chi connectivity index (χ3v) is 11.5. The van der Waals surface area contributed by atoms with Gasteiger partial charge in [0.1, 0.15) is 0 Å². The molecule has 1 N–H and O–H groups in total. The molecule has 2 aliphatic rings. The van der Waals surface area contributed by atoms with E-state index in [1.807, 2.05) is 0 Å². The number of anilines is 2. The molecule has 1 spiro atoms. The molecular formula is C51H33N. The number of rotatable bonds is 4. The molecule has 0 fully saturated rings. The molecule has 52 heavy (non-hydrogen) atoms.